The van der Waals surface area contributed by atoms with Gasteiger partial charge in [0, 0.05) is 23.1 Å². The van der Waals surface area contributed by atoms with Crippen LogP contribution in [0.2, 0.25) is 0 Å². The van der Waals surface area contributed by atoms with Crippen LogP contribution in [-0.2, 0) is 6.42 Å². The lowest BCUT2D eigenvalue weighted by Gasteiger charge is -2.28. The number of fused-ring (bicyclic) bond motifs is 3. The Labute approximate surface area is 213 Å². The van der Waals surface area contributed by atoms with Crippen molar-refractivity contribution >= 4 is 13.7 Å². The lowest BCUT2D eigenvalue weighted by molar-refractivity contribution is 0.396. The summed E-state index contributed by atoms with van der Waals surface area (Å²) < 4.78 is 30.1. The fraction of sp³-hybridized carbons (Fsp3) is 0.200. The minimum absolute atomic E-state index is 0.579. The number of hydrogen-bond donors (Lipinski definition) is 0. The molecule has 1 atom stereocenters. The highest BCUT2D eigenvalue weighted by Gasteiger charge is 2.30. The second-order valence-electron chi connectivity index (χ2n) is 8.70. The molecule has 1 unspecified atom stereocenters. The molecule has 1 aliphatic rings. The highest BCUT2D eigenvalue weighted by atomic mass is 31.2. The van der Waals surface area contributed by atoms with Gasteiger partial charge in [0.25, 0.3) is 0 Å². The van der Waals surface area contributed by atoms with E-state index < -0.39 is 8.38 Å². The minimum atomic E-state index is -1.39. The molecule has 5 nitrogen and oxygen atoms in total. The van der Waals surface area contributed by atoms with Crippen LogP contribution in [0.25, 0.3) is 11.1 Å². The van der Waals surface area contributed by atoms with Gasteiger partial charge < -0.3 is 23.3 Å². The normalized spacial score (nSPS) is 13.8. The quantitative estimate of drug-likeness (QED) is 0.256. The van der Waals surface area contributed by atoms with E-state index in [2.05, 4.69) is 24.3 Å². The van der Waals surface area contributed by atoms with E-state index in [0.717, 1.165) is 67.4 Å². The van der Waals surface area contributed by atoms with E-state index in [0.29, 0.717) is 6.42 Å². The van der Waals surface area contributed by atoms with Crippen LogP contribution in [0.1, 0.15) is 22.3 Å². The van der Waals surface area contributed by atoms with E-state index in [4.69, 9.17) is 23.3 Å². The Morgan fingerprint density at radius 1 is 0.667 bits per heavy atom. The van der Waals surface area contributed by atoms with Gasteiger partial charge in [-0.15, -0.1) is 0 Å². The van der Waals surface area contributed by atoms with Crippen LogP contribution in [0.15, 0.2) is 72.8 Å². The Hall–Kier alpha value is -3.69. The van der Waals surface area contributed by atoms with Crippen molar-refractivity contribution in [2.24, 2.45) is 0 Å². The monoisotopic (exact) mass is 500 g/mol. The van der Waals surface area contributed by atoms with E-state index in [1.54, 1.807) is 21.3 Å². The standard InChI is InChI=1S/C30H29O5P/c1-19-14-23(31-3)17-21(29(19)33-5)16-22-18-24(32-4)15-20(2)30(22)35-36-28-13-9-7-11-26(28)25-10-6-8-12-27(25)34-36/h6-15,17-18H,16H2,1-5H3. The smallest absolute Gasteiger partial charge is 0.326 e. The lowest BCUT2D eigenvalue weighted by Crippen LogP contribution is -2.18. The van der Waals surface area contributed by atoms with Gasteiger partial charge in [-0.2, -0.15) is 0 Å². The van der Waals surface area contributed by atoms with E-state index >= 15 is 0 Å². The summed E-state index contributed by atoms with van der Waals surface area (Å²) in [6, 6.07) is 24.4. The van der Waals surface area contributed by atoms with E-state index in [1.165, 1.54) is 0 Å². The van der Waals surface area contributed by atoms with Crippen LogP contribution >= 0.6 is 8.38 Å². The average molecular weight is 501 g/mol. The third kappa shape index (κ3) is 4.47. The number of ether oxygens (including phenoxy) is 3. The highest BCUT2D eigenvalue weighted by Crippen LogP contribution is 2.51. The molecule has 0 radical (unpaired) electrons. The Kier molecular flexibility index (Phi) is 6.75. The van der Waals surface area contributed by atoms with Crippen molar-refractivity contribution in [3.8, 4) is 39.9 Å². The molecule has 0 saturated carbocycles. The zero-order valence-electron chi connectivity index (χ0n) is 21.1. The van der Waals surface area contributed by atoms with Crippen molar-refractivity contribution in [1.29, 1.82) is 0 Å². The van der Waals surface area contributed by atoms with Gasteiger partial charge in [-0.3, -0.25) is 0 Å². The predicted octanol–water partition coefficient (Wildman–Crippen LogP) is 7.00. The lowest BCUT2D eigenvalue weighted by atomic mass is 9.98. The fourth-order valence-electron chi connectivity index (χ4n) is 4.67. The number of hydrogen-bond acceptors (Lipinski definition) is 5. The van der Waals surface area contributed by atoms with E-state index in [9.17, 15) is 0 Å². The second-order valence-corrected chi connectivity index (χ2v) is 10.1. The predicted molar refractivity (Wildman–Crippen MR) is 145 cm³/mol. The fourth-order valence-corrected chi connectivity index (χ4v) is 6.27. The first-order valence-corrected chi connectivity index (χ1v) is 12.9. The minimum Gasteiger partial charge on any atom is -0.497 e. The maximum atomic E-state index is 6.75. The van der Waals surface area contributed by atoms with Crippen LogP contribution in [-0.4, -0.2) is 21.3 Å². The molecular formula is C30H29O5P. The molecule has 0 bridgehead atoms. The van der Waals surface area contributed by atoms with Gasteiger partial charge in [0.05, 0.1) is 26.6 Å². The van der Waals surface area contributed by atoms with Gasteiger partial charge in [0.1, 0.15) is 28.7 Å². The topological polar surface area (TPSA) is 46.2 Å². The molecule has 4 aromatic rings. The van der Waals surface area contributed by atoms with Crippen molar-refractivity contribution in [3.63, 3.8) is 0 Å². The zero-order valence-corrected chi connectivity index (χ0v) is 22.0. The molecule has 0 aliphatic carbocycles. The van der Waals surface area contributed by atoms with Crippen LogP contribution in [0.3, 0.4) is 0 Å². The van der Waals surface area contributed by atoms with Crippen molar-refractivity contribution in [2.45, 2.75) is 20.3 Å². The first kappa shape index (κ1) is 24.0. The number of benzene rings is 4. The molecule has 1 heterocycles. The van der Waals surface area contributed by atoms with Gasteiger partial charge >= 0.3 is 8.38 Å². The van der Waals surface area contributed by atoms with Gasteiger partial charge in [-0.1, -0.05) is 36.4 Å². The molecule has 0 aromatic heterocycles. The SMILES string of the molecule is COc1cc(C)c(OC)c(Cc2cc(OC)cc(C)c2OP2Oc3ccccc3-c3ccccc32)c1. The largest absolute Gasteiger partial charge is 0.497 e. The van der Waals surface area contributed by atoms with Crippen molar-refractivity contribution in [3.05, 3.63) is 95.1 Å². The molecule has 0 spiro atoms. The highest BCUT2D eigenvalue weighted by molar-refractivity contribution is 7.57. The molecule has 0 N–H and O–H groups in total. The van der Waals surface area contributed by atoms with Crippen LogP contribution in [0.5, 0.6) is 28.7 Å². The Bertz CT molecular complexity index is 1410. The van der Waals surface area contributed by atoms with Gasteiger partial charge in [0.15, 0.2) is 0 Å². The van der Waals surface area contributed by atoms with Crippen molar-refractivity contribution < 1.29 is 23.3 Å². The summed E-state index contributed by atoms with van der Waals surface area (Å²) in [4.78, 5) is 0. The van der Waals surface area contributed by atoms with Gasteiger partial charge in [-0.05, 0) is 66.9 Å². The number of para-hydroxylation sites is 1. The number of aryl methyl sites for hydroxylation is 2. The second kappa shape index (κ2) is 10.1. The summed E-state index contributed by atoms with van der Waals surface area (Å²) in [7, 11) is 3.65. The molecule has 0 amide bonds. The third-order valence-electron chi connectivity index (χ3n) is 6.34. The molecular weight excluding hydrogens is 471 g/mol. The zero-order chi connectivity index (χ0) is 25.2. The summed E-state index contributed by atoms with van der Waals surface area (Å²) in [5.41, 5.74) is 6.21. The van der Waals surface area contributed by atoms with E-state index in [1.807, 2.05) is 62.4 Å². The molecule has 1 aliphatic heterocycles. The summed E-state index contributed by atoms with van der Waals surface area (Å²) in [6.45, 7) is 4.06. The summed E-state index contributed by atoms with van der Waals surface area (Å²) in [5.74, 6) is 4.02. The van der Waals surface area contributed by atoms with Gasteiger partial charge in [-0.25, -0.2) is 0 Å². The third-order valence-corrected chi connectivity index (χ3v) is 7.83. The molecule has 0 saturated heterocycles. The maximum Gasteiger partial charge on any atom is 0.326 e. The van der Waals surface area contributed by atoms with Crippen LogP contribution in [0.4, 0.5) is 0 Å². The molecule has 36 heavy (non-hydrogen) atoms. The summed E-state index contributed by atoms with van der Waals surface area (Å²) in [6.07, 6.45) is 0.579. The Morgan fingerprint density at radius 2 is 1.25 bits per heavy atom. The molecule has 0 fully saturated rings. The molecule has 184 valence electrons. The van der Waals surface area contributed by atoms with Crippen LogP contribution < -0.4 is 28.6 Å². The molecule has 5 rings (SSSR count). The number of rotatable bonds is 7. The first-order chi connectivity index (χ1) is 17.5. The molecule has 6 heteroatoms. The number of methoxy groups -OCH3 is 3. The van der Waals surface area contributed by atoms with Crippen LogP contribution in [0, 0.1) is 13.8 Å². The van der Waals surface area contributed by atoms with E-state index in [-0.39, 0.29) is 0 Å². The maximum absolute atomic E-state index is 6.75. The van der Waals surface area contributed by atoms with Crippen molar-refractivity contribution in [1.82, 2.24) is 0 Å². The first-order valence-electron chi connectivity index (χ1n) is 11.8. The Balaban J connectivity index is 1.58. The Morgan fingerprint density at radius 3 is 1.92 bits per heavy atom. The van der Waals surface area contributed by atoms with Gasteiger partial charge in [0.2, 0.25) is 0 Å². The average Bonchev–Trinajstić information content (AvgIpc) is 2.90. The summed E-state index contributed by atoms with van der Waals surface area (Å²) >= 11 is 0. The van der Waals surface area contributed by atoms with Crippen molar-refractivity contribution in [2.75, 3.05) is 21.3 Å². The molecule has 4 aromatic carbocycles. The summed E-state index contributed by atoms with van der Waals surface area (Å²) in [5, 5.41) is 1.06.